The van der Waals surface area contributed by atoms with Crippen molar-refractivity contribution in [3.63, 3.8) is 0 Å². The van der Waals surface area contributed by atoms with Gasteiger partial charge in [0.25, 0.3) is 0 Å². The van der Waals surface area contributed by atoms with Gasteiger partial charge in [0.05, 0.1) is 19.2 Å². The quantitative estimate of drug-likeness (QED) is 0.397. The van der Waals surface area contributed by atoms with Gasteiger partial charge < -0.3 is 30.3 Å². The first-order valence-electron chi connectivity index (χ1n) is 13.6. The van der Waals surface area contributed by atoms with Crippen LogP contribution in [0.5, 0.6) is 5.75 Å². The SMILES string of the molecule is COc1cc(CCC(=O)N2CCCN(C(=O)CC(C)(C)CC(=O)O)CC2)ccc1NC(=O)Nc1ccccc1C. The first kappa shape index (κ1) is 30.5. The lowest BCUT2D eigenvalue weighted by Crippen LogP contribution is -2.39. The third-order valence-corrected chi connectivity index (χ3v) is 7.00. The smallest absolute Gasteiger partial charge is 0.323 e. The van der Waals surface area contributed by atoms with Gasteiger partial charge in [0, 0.05) is 44.7 Å². The highest BCUT2D eigenvalue weighted by Crippen LogP contribution is 2.28. The normalized spacial score (nSPS) is 13.8. The number of hydrogen-bond donors (Lipinski definition) is 3. The molecule has 10 nitrogen and oxygen atoms in total. The van der Waals surface area contributed by atoms with E-state index in [1.807, 2.05) is 43.3 Å². The van der Waals surface area contributed by atoms with Crippen molar-refractivity contribution in [2.24, 2.45) is 5.41 Å². The van der Waals surface area contributed by atoms with Gasteiger partial charge >= 0.3 is 12.0 Å². The van der Waals surface area contributed by atoms with Crippen molar-refractivity contribution in [2.75, 3.05) is 43.9 Å². The number of carbonyl (C=O) groups is 4. The molecule has 1 saturated heterocycles. The number of methoxy groups -OCH3 is 1. The molecular formula is C30H40N4O6. The summed E-state index contributed by atoms with van der Waals surface area (Å²) in [5.41, 5.74) is 2.47. The predicted octanol–water partition coefficient (Wildman–Crippen LogP) is 4.53. The molecule has 1 aliphatic rings. The van der Waals surface area contributed by atoms with Crippen LogP contribution in [0.4, 0.5) is 16.2 Å². The fraction of sp³-hybridized carbons (Fsp3) is 0.467. The predicted molar refractivity (Wildman–Crippen MR) is 154 cm³/mol. The molecule has 0 radical (unpaired) electrons. The Labute approximate surface area is 235 Å². The van der Waals surface area contributed by atoms with Crippen LogP contribution in [0.2, 0.25) is 0 Å². The molecule has 1 heterocycles. The highest BCUT2D eigenvalue weighted by Gasteiger charge is 2.29. The second-order valence-electron chi connectivity index (χ2n) is 11.0. The molecule has 216 valence electrons. The highest BCUT2D eigenvalue weighted by atomic mass is 16.5. The second-order valence-corrected chi connectivity index (χ2v) is 11.0. The minimum Gasteiger partial charge on any atom is -0.495 e. The van der Waals surface area contributed by atoms with Crippen LogP contribution in [0.3, 0.4) is 0 Å². The molecule has 4 amide bonds. The Morgan fingerprint density at radius 1 is 0.900 bits per heavy atom. The average molecular weight is 553 g/mol. The van der Waals surface area contributed by atoms with Crippen LogP contribution in [0, 0.1) is 12.3 Å². The van der Waals surface area contributed by atoms with E-state index < -0.39 is 11.4 Å². The van der Waals surface area contributed by atoms with E-state index in [1.165, 1.54) is 7.11 Å². The molecule has 0 bridgehead atoms. The summed E-state index contributed by atoms with van der Waals surface area (Å²) in [6.45, 7) is 7.49. The number of anilines is 2. The first-order chi connectivity index (χ1) is 19.0. The van der Waals surface area contributed by atoms with E-state index in [0.717, 1.165) is 16.8 Å². The van der Waals surface area contributed by atoms with Crippen LogP contribution < -0.4 is 15.4 Å². The van der Waals surface area contributed by atoms with Crippen molar-refractivity contribution in [2.45, 2.75) is 52.9 Å². The maximum absolute atomic E-state index is 13.0. The van der Waals surface area contributed by atoms with Gasteiger partial charge in [0.2, 0.25) is 11.8 Å². The monoisotopic (exact) mass is 552 g/mol. The molecule has 40 heavy (non-hydrogen) atoms. The van der Waals surface area contributed by atoms with E-state index in [-0.39, 0.29) is 30.7 Å². The minimum absolute atomic E-state index is 0.0132. The first-order valence-corrected chi connectivity index (χ1v) is 13.6. The van der Waals surface area contributed by atoms with Crippen molar-refractivity contribution in [1.82, 2.24) is 9.80 Å². The molecule has 0 atom stereocenters. The summed E-state index contributed by atoms with van der Waals surface area (Å²) in [5.74, 6) is -0.481. The summed E-state index contributed by atoms with van der Waals surface area (Å²) >= 11 is 0. The van der Waals surface area contributed by atoms with Gasteiger partial charge in [-0.3, -0.25) is 14.4 Å². The number of hydrogen-bond acceptors (Lipinski definition) is 5. The standard InChI is InChI=1S/C30H40N4O6/c1-21-8-5-6-9-23(21)31-29(39)32-24-12-10-22(18-25(24)40-4)11-13-26(35)33-14-7-15-34(17-16-33)27(36)19-30(2,3)20-28(37)38/h5-6,8-10,12,18H,7,11,13-17,19-20H2,1-4H3,(H,37,38)(H2,31,32,39). The van der Waals surface area contributed by atoms with Gasteiger partial charge in [0.1, 0.15) is 5.75 Å². The maximum Gasteiger partial charge on any atom is 0.323 e. The van der Waals surface area contributed by atoms with E-state index in [2.05, 4.69) is 10.6 Å². The van der Waals surface area contributed by atoms with E-state index in [4.69, 9.17) is 9.84 Å². The number of nitrogens with one attached hydrogen (secondary N) is 2. The lowest BCUT2D eigenvalue weighted by atomic mass is 9.85. The Balaban J connectivity index is 1.51. The van der Waals surface area contributed by atoms with Crippen LogP contribution >= 0.6 is 0 Å². The number of aliphatic carboxylic acids is 1. The Kier molecular flexibility index (Phi) is 10.5. The van der Waals surface area contributed by atoms with Crippen molar-refractivity contribution in [3.8, 4) is 5.75 Å². The van der Waals surface area contributed by atoms with Crippen molar-refractivity contribution in [1.29, 1.82) is 0 Å². The van der Waals surface area contributed by atoms with E-state index in [0.29, 0.717) is 56.9 Å². The fourth-order valence-corrected chi connectivity index (χ4v) is 4.80. The third kappa shape index (κ3) is 9.00. The van der Waals surface area contributed by atoms with Crippen LogP contribution in [0.1, 0.15) is 50.7 Å². The molecule has 1 fully saturated rings. The Morgan fingerprint density at radius 3 is 2.20 bits per heavy atom. The molecule has 0 aromatic heterocycles. The van der Waals surface area contributed by atoms with Crippen LogP contribution in [-0.2, 0) is 20.8 Å². The number of amides is 4. The van der Waals surface area contributed by atoms with Crippen molar-refractivity contribution >= 4 is 35.2 Å². The van der Waals surface area contributed by atoms with Crippen molar-refractivity contribution < 1.29 is 29.0 Å². The summed E-state index contributed by atoms with van der Waals surface area (Å²) in [4.78, 5) is 52.9. The Hall–Kier alpha value is -4.08. The van der Waals surface area contributed by atoms with E-state index in [1.54, 1.807) is 29.7 Å². The summed E-state index contributed by atoms with van der Waals surface area (Å²) < 4.78 is 5.48. The molecule has 10 heteroatoms. The molecule has 3 rings (SSSR count). The number of carboxylic acid groups (broad SMARTS) is 1. The summed E-state index contributed by atoms with van der Waals surface area (Å²) in [5, 5.41) is 14.7. The van der Waals surface area contributed by atoms with E-state index in [9.17, 15) is 19.2 Å². The van der Waals surface area contributed by atoms with Gasteiger partial charge in [-0.1, -0.05) is 38.1 Å². The molecule has 1 aliphatic heterocycles. The number of carbonyl (C=O) groups excluding carboxylic acids is 3. The number of rotatable bonds is 10. The highest BCUT2D eigenvalue weighted by molar-refractivity contribution is 6.01. The van der Waals surface area contributed by atoms with E-state index >= 15 is 0 Å². The van der Waals surface area contributed by atoms with Gasteiger partial charge in [-0.05, 0) is 54.5 Å². The third-order valence-electron chi connectivity index (χ3n) is 7.00. The van der Waals surface area contributed by atoms with Crippen LogP contribution in [0.25, 0.3) is 0 Å². The summed E-state index contributed by atoms with van der Waals surface area (Å²) in [7, 11) is 1.53. The van der Waals surface area contributed by atoms with Gasteiger partial charge in [-0.15, -0.1) is 0 Å². The zero-order valence-electron chi connectivity index (χ0n) is 23.8. The number of aryl methyl sites for hydroxylation is 2. The molecular weight excluding hydrogens is 512 g/mol. The number of carboxylic acids is 1. The number of para-hydroxylation sites is 1. The molecule has 0 aliphatic carbocycles. The average Bonchev–Trinajstić information content (AvgIpc) is 3.15. The second kappa shape index (κ2) is 13.8. The molecule has 0 unspecified atom stereocenters. The topological polar surface area (TPSA) is 128 Å². The number of urea groups is 1. The lowest BCUT2D eigenvalue weighted by Gasteiger charge is -2.27. The number of benzene rings is 2. The molecule has 2 aromatic carbocycles. The zero-order chi connectivity index (χ0) is 29.3. The van der Waals surface area contributed by atoms with Crippen LogP contribution in [-0.4, -0.2) is 72.0 Å². The molecule has 0 spiro atoms. The number of nitrogens with zero attached hydrogens (tertiary/aromatic N) is 2. The maximum atomic E-state index is 13.0. The lowest BCUT2D eigenvalue weighted by molar-refractivity contribution is -0.141. The van der Waals surface area contributed by atoms with Crippen LogP contribution in [0.15, 0.2) is 42.5 Å². The largest absolute Gasteiger partial charge is 0.495 e. The number of ether oxygens (including phenoxy) is 1. The Morgan fingerprint density at radius 2 is 1.55 bits per heavy atom. The fourth-order valence-electron chi connectivity index (χ4n) is 4.80. The van der Waals surface area contributed by atoms with Gasteiger partial charge in [0.15, 0.2) is 0 Å². The zero-order valence-corrected chi connectivity index (χ0v) is 23.8. The van der Waals surface area contributed by atoms with Gasteiger partial charge in [-0.2, -0.15) is 0 Å². The molecule has 0 saturated carbocycles. The molecule has 2 aromatic rings. The van der Waals surface area contributed by atoms with Gasteiger partial charge in [-0.25, -0.2) is 4.79 Å². The molecule has 3 N–H and O–H groups in total. The Bertz CT molecular complexity index is 1230. The summed E-state index contributed by atoms with van der Waals surface area (Å²) in [6, 6.07) is 12.6. The minimum atomic E-state index is -0.919. The summed E-state index contributed by atoms with van der Waals surface area (Å²) in [6.07, 6.45) is 1.58. The van der Waals surface area contributed by atoms with Crippen molar-refractivity contribution in [3.05, 3.63) is 53.6 Å².